The van der Waals surface area contributed by atoms with E-state index >= 15 is 0 Å². The Morgan fingerprint density at radius 1 is 1.38 bits per heavy atom. The van der Waals surface area contributed by atoms with Crippen molar-refractivity contribution < 1.29 is 13.9 Å². The first kappa shape index (κ1) is 14.8. The van der Waals surface area contributed by atoms with E-state index in [4.69, 9.17) is 9.15 Å². The first-order chi connectivity index (χ1) is 11.8. The molecule has 0 aliphatic rings. The van der Waals surface area contributed by atoms with Gasteiger partial charge in [-0.3, -0.25) is 4.40 Å². The lowest BCUT2D eigenvalue weighted by molar-refractivity contribution is 0.0524. The van der Waals surface area contributed by atoms with Crippen LogP contribution < -0.4 is 0 Å². The summed E-state index contributed by atoms with van der Waals surface area (Å²) in [6.07, 6.45) is 1.49. The van der Waals surface area contributed by atoms with Crippen molar-refractivity contribution in [3.05, 3.63) is 47.9 Å². The number of hydrogen-bond donors (Lipinski definition) is 1. The van der Waals surface area contributed by atoms with E-state index in [1.54, 1.807) is 13.0 Å². The summed E-state index contributed by atoms with van der Waals surface area (Å²) in [5.74, 6) is 1.35. The molecule has 1 N–H and O–H groups in total. The quantitative estimate of drug-likeness (QED) is 0.442. The van der Waals surface area contributed by atoms with Crippen LogP contribution in [0.5, 0.6) is 0 Å². The van der Waals surface area contributed by atoms with E-state index in [9.17, 15) is 4.79 Å². The molecule has 7 nitrogen and oxygen atoms in total. The topological polar surface area (TPSA) is 85.4 Å². The van der Waals surface area contributed by atoms with Crippen LogP contribution in [0.15, 0.2) is 46.2 Å². The maximum atomic E-state index is 11.9. The van der Waals surface area contributed by atoms with Crippen molar-refractivity contribution in [1.82, 2.24) is 19.6 Å². The largest absolute Gasteiger partial charge is 0.468 e. The molecule has 1 aromatic carbocycles. The van der Waals surface area contributed by atoms with Crippen LogP contribution in [-0.4, -0.2) is 32.2 Å². The van der Waals surface area contributed by atoms with Crippen LogP contribution in [0.2, 0.25) is 0 Å². The SMILES string of the molecule is CCOC(=O)c1ccoc1CSc1n[nH]c2nc3ccccc3n12. The molecule has 0 amide bonds. The zero-order valence-corrected chi connectivity index (χ0v) is 13.7. The molecule has 0 atom stereocenters. The first-order valence-corrected chi connectivity index (χ1v) is 8.44. The van der Waals surface area contributed by atoms with Crippen molar-refractivity contribution in [3.63, 3.8) is 0 Å². The van der Waals surface area contributed by atoms with Gasteiger partial charge >= 0.3 is 5.97 Å². The Labute approximate surface area is 141 Å². The standard InChI is InChI=1S/C16H14N4O3S/c1-2-22-14(21)10-7-8-23-13(10)9-24-16-19-18-15-17-11-5-3-4-6-12(11)20(15)16/h3-8H,2,9H2,1H3,(H,17,18). The van der Waals surface area contributed by atoms with Gasteiger partial charge in [-0.2, -0.15) is 0 Å². The predicted octanol–water partition coefficient (Wildman–Crippen LogP) is 3.27. The highest BCUT2D eigenvalue weighted by Gasteiger charge is 2.18. The lowest BCUT2D eigenvalue weighted by Gasteiger charge is -2.02. The van der Waals surface area contributed by atoms with E-state index in [-0.39, 0.29) is 5.97 Å². The molecule has 3 aromatic heterocycles. The van der Waals surface area contributed by atoms with Crippen molar-refractivity contribution in [1.29, 1.82) is 0 Å². The third kappa shape index (κ3) is 2.44. The minimum atomic E-state index is -0.373. The summed E-state index contributed by atoms with van der Waals surface area (Å²) in [6, 6.07) is 9.48. The number of ether oxygens (including phenoxy) is 1. The monoisotopic (exact) mass is 342 g/mol. The third-order valence-corrected chi connectivity index (χ3v) is 4.52. The van der Waals surface area contributed by atoms with Gasteiger partial charge in [-0.15, -0.1) is 5.10 Å². The molecule has 0 saturated heterocycles. The highest BCUT2D eigenvalue weighted by atomic mass is 32.2. The number of furan rings is 1. The van der Waals surface area contributed by atoms with Crippen LogP contribution in [0.1, 0.15) is 23.0 Å². The molecular weight excluding hydrogens is 328 g/mol. The number of aromatic amines is 1. The normalized spacial score (nSPS) is 11.4. The molecule has 0 bridgehead atoms. The van der Waals surface area contributed by atoms with E-state index in [0.717, 1.165) is 16.2 Å². The second-order valence-electron chi connectivity index (χ2n) is 5.03. The van der Waals surface area contributed by atoms with Crippen molar-refractivity contribution in [3.8, 4) is 0 Å². The van der Waals surface area contributed by atoms with E-state index in [1.165, 1.54) is 18.0 Å². The van der Waals surface area contributed by atoms with Crippen molar-refractivity contribution >= 4 is 34.5 Å². The molecule has 3 heterocycles. The zero-order chi connectivity index (χ0) is 16.5. The van der Waals surface area contributed by atoms with Crippen LogP contribution in [0.3, 0.4) is 0 Å². The number of fused-ring (bicyclic) bond motifs is 3. The van der Waals surface area contributed by atoms with Crippen LogP contribution in [0, 0.1) is 0 Å². The summed E-state index contributed by atoms with van der Waals surface area (Å²) < 4.78 is 12.4. The van der Waals surface area contributed by atoms with Gasteiger partial charge < -0.3 is 9.15 Å². The summed E-state index contributed by atoms with van der Waals surface area (Å²) in [5.41, 5.74) is 2.33. The van der Waals surface area contributed by atoms with Gasteiger partial charge in [-0.25, -0.2) is 14.9 Å². The van der Waals surface area contributed by atoms with Crippen LogP contribution in [-0.2, 0) is 10.5 Å². The third-order valence-electron chi connectivity index (χ3n) is 3.58. The van der Waals surface area contributed by atoms with Gasteiger partial charge in [-0.05, 0) is 25.1 Å². The van der Waals surface area contributed by atoms with Gasteiger partial charge in [0.1, 0.15) is 11.3 Å². The number of thioether (sulfide) groups is 1. The summed E-state index contributed by atoms with van der Waals surface area (Å²) in [4.78, 5) is 16.4. The number of hydrogen-bond acceptors (Lipinski definition) is 6. The lowest BCUT2D eigenvalue weighted by atomic mass is 10.3. The molecule has 0 radical (unpaired) electrons. The van der Waals surface area contributed by atoms with E-state index < -0.39 is 0 Å². The Morgan fingerprint density at radius 2 is 2.25 bits per heavy atom. The number of aromatic nitrogens is 4. The number of carbonyl (C=O) groups excluding carboxylic acids is 1. The predicted molar refractivity (Wildman–Crippen MR) is 89.1 cm³/mol. The molecular formula is C16H14N4O3S. The summed E-state index contributed by atoms with van der Waals surface area (Å²) >= 11 is 1.46. The second-order valence-corrected chi connectivity index (χ2v) is 5.97. The number of esters is 1. The van der Waals surface area contributed by atoms with Gasteiger partial charge in [-0.1, -0.05) is 23.9 Å². The molecule has 4 rings (SSSR count). The Bertz CT molecular complexity index is 1020. The number of para-hydroxylation sites is 2. The van der Waals surface area contributed by atoms with Crippen LogP contribution >= 0.6 is 11.8 Å². The molecule has 0 aliphatic heterocycles. The number of nitrogens with one attached hydrogen (secondary N) is 1. The molecule has 122 valence electrons. The summed E-state index contributed by atoms with van der Waals surface area (Å²) in [6.45, 7) is 2.11. The number of imidazole rings is 1. The van der Waals surface area contributed by atoms with Crippen LogP contribution in [0.25, 0.3) is 16.8 Å². The van der Waals surface area contributed by atoms with Crippen molar-refractivity contribution in [2.24, 2.45) is 0 Å². The molecule has 8 heteroatoms. The molecule has 0 aliphatic carbocycles. The lowest BCUT2D eigenvalue weighted by Crippen LogP contribution is -2.05. The molecule has 0 unspecified atom stereocenters. The van der Waals surface area contributed by atoms with Gasteiger partial charge in [0.25, 0.3) is 0 Å². The summed E-state index contributed by atoms with van der Waals surface area (Å²) in [5, 5.41) is 7.98. The van der Waals surface area contributed by atoms with Crippen LogP contribution in [0.4, 0.5) is 0 Å². The Balaban J connectivity index is 1.62. The molecule has 4 aromatic rings. The second kappa shape index (κ2) is 6.04. The average molecular weight is 342 g/mol. The fraction of sp³-hybridized carbons (Fsp3) is 0.188. The highest BCUT2D eigenvalue weighted by molar-refractivity contribution is 7.98. The fourth-order valence-electron chi connectivity index (χ4n) is 2.51. The minimum absolute atomic E-state index is 0.331. The average Bonchev–Trinajstić information content (AvgIpc) is 3.28. The molecule has 24 heavy (non-hydrogen) atoms. The number of nitrogens with zero attached hydrogens (tertiary/aromatic N) is 3. The van der Waals surface area contributed by atoms with E-state index in [0.29, 0.717) is 29.5 Å². The van der Waals surface area contributed by atoms with E-state index in [1.807, 2.05) is 28.7 Å². The maximum Gasteiger partial charge on any atom is 0.341 e. The maximum absolute atomic E-state index is 11.9. The molecule has 0 spiro atoms. The Morgan fingerprint density at radius 3 is 3.12 bits per heavy atom. The zero-order valence-electron chi connectivity index (χ0n) is 12.9. The smallest absolute Gasteiger partial charge is 0.341 e. The van der Waals surface area contributed by atoms with E-state index in [2.05, 4.69) is 15.2 Å². The Kier molecular flexibility index (Phi) is 3.73. The highest BCUT2D eigenvalue weighted by Crippen LogP contribution is 2.27. The van der Waals surface area contributed by atoms with Crippen molar-refractivity contribution in [2.75, 3.05) is 6.61 Å². The van der Waals surface area contributed by atoms with Gasteiger partial charge in [0.2, 0.25) is 5.78 Å². The number of H-pyrrole nitrogens is 1. The number of benzene rings is 1. The number of carbonyl (C=O) groups is 1. The van der Waals surface area contributed by atoms with Gasteiger partial charge in [0.15, 0.2) is 5.16 Å². The molecule has 0 saturated carbocycles. The van der Waals surface area contributed by atoms with Gasteiger partial charge in [0, 0.05) is 0 Å². The Hall–Kier alpha value is -2.74. The summed E-state index contributed by atoms with van der Waals surface area (Å²) in [7, 11) is 0. The van der Waals surface area contributed by atoms with Gasteiger partial charge in [0.05, 0.1) is 29.7 Å². The number of rotatable bonds is 5. The molecule has 0 fully saturated rings. The van der Waals surface area contributed by atoms with Crippen molar-refractivity contribution in [2.45, 2.75) is 17.8 Å². The fourth-order valence-corrected chi connectivity index (χ4v) is 3.42. The first-order valence-electron chi connectivity index (χ1n) is 7.45. The minimum Gasteiger partial charge on any atom is -0.468 e.